The largest absolute Gasteiger partial charge is 0.481 e. The van der Waals surface area contributed by atoms with E-state index in [0.717, 1.165) is 16.8 Å². The smallest absolute Gasteiger partial charge is 0.305 e. The van der Waals surface area contributed by atoms with E-state index in [9.17, 15) is 4.79 Å². The third-order valence-electron chi connectivity index (χ3n) is 3.16. The minimum Gasteiger partial charge on any atom is -0.481 e. The van der Waals surface area contributed by atoms with Gasteiger partial charge >= 0.3 is 5.97 Å². The Bertz CT molecular complexity index is 659. The minimum atomic E-state index is -0.875. The summed E-state index contributed by atoms with van der Waals surface area (Å²) in [4.78, 5) is 11.1. The van der Waals surface area contributed by atoms with E-state index < -0.39 is 5.97 Å². The van der Waals surface area contributed by atoms with Gasteiger partial charge in [0.2, 0.25) is 0 Å². The summed E-state index contributed by atoms with van der Waals surface area (Å²) >= 11 is 5.29. The van der Waals surface area contributed by atoms with E-state index in [1.54, 1.807) is 0 Å². The molecule has 2 rings (SSSR count). The normalized spacial score (nSPS) is 11.5. The fourth-order valence-electron chi connectivity index (χ4n) is 2.16. The Morgan fingerprint density at radius 1 is 1.18 bits per heavy atom. The van der Waals surface area contributed by atoms with Gasteiger partial charge in [-0.1, -0.05) is 42.5 Å². The van der Waals surface area contributed by atoms with Crippen LogP contribution in [0.2, 0.25) is 0 Å². The van der Waals surface area contributed by atoms with Gasteiger partial charge in [-0.05, 0) is 42.4 Å². The lowest BCUT2D eigenvalue weighted by Crippen LogP contribution is -2.33. The molecule has 0 saturated heterocycles. The number of hydrogen-bond acceptors (Lipinski definition) is 2. The first-order valence-electron chi connectivity index (χ1n) is 6.95. The predicted molar refractivity (Wildman–Crippen MR) is 92.0 cm³/mol. The Labute approximate surface area is 135 Å². The zero-order valence-electron chi connectivity index (χ0n) is 12.2. The number of nitrogens with one attached hydrogen (secondary N) is 2. The number of rotatable bonds is 5. The Morgan fingerprint density at radius 3 is 2.55 bits per heavy atom. The molecule has 0 aliphatic rings. The van der Waals surface area contributed by atoms with E-state index in [-0.39, 0.29) is 12.5 Å². The van der Waals surface area contributed by atoms with Crippen molar-refractivity contribution in [1.82, 2.24) is 5.32 Å². The summed E-state index contributed by atoms with van der Waals surface area (Å²) in [5.74, 6) is -0.875. The number of benzene rings is 2. The van der Waals surface area contributed by atoms with Gasteiger partial charge in [-0.3, -0.25) is 4.79 Å². The number of anilines is 1. The van der Waals surface area contributed by atoms with Gasteiger partial charge < -0.3 is 15.7 Å². The van der Waals surface area contributed by atoms with Crippen LogP contribution in [0.15, 0.2) is 54.6 Å². The number of aryl methyl sites for hydroxylation is 1. The summed E-state index contributed by atoms with van der Waals surface area (Å²) < 4.78 is 0. The fraction of sp³-hybridized carbons (Fsp3) is 0.176. The number of carbonyl (C=O) groups is 1. The van der Waals surface area contributed by atoms with Gasteiger partial charge in [0.15, 0.2) is 5.11 Å². The van der Waals surface area contributed by atoms with Crippen molar-refractivity contribution in [1.29, 1.82) is 0 Å². The first-order chi connectivity index (χ1) is 10.5. The lowest BCUT2D eigenvalue weighted by atomic mass is 10.0. The molecule has 0 aromatic heterocycles. The average Bonchev–Trinajstić information content (AvgIpc) is 2.47. The second-order valence-corrected chi connectivity index (χ2v) is 5.44. The van der Waals surface area contributed by atoms with Crippen molar-refractivity contribution in [3.63, 3.8) is 0 Å². The van der Waals surface area contributed by atoms with Crippen LogP contribution in [-0.4, -0.2) is 16.2 Å². The van der Waals surface area contributed by atoms with Crippen molar-refractivity contribution in [3.8, 4) is 0 Å². The maximum Gasteiger partial charge on any atom is 0.305 e. The van der Waals surface area contributed by atoms with E-state index >= 15 is 0 Å². The highest BCUT2D eigenvalue weighted by molar-refractivity contribution is 7.80. The SMILES string of the molecule is Cc1cccc(NC(=S)N[C@H](CC(=O)O)c2ccccc2)c1. The van der Waals surface area contributed by atoms with E-state index in [4.69, 9.17) is 17.3 Å². The Morgan fingerprint density at radius 2 is 1.91 bits per heavy atom. The molecular formula is C17H18N2O2S. The van der Waals surface area contributed by atoms with E-state index in [1.807, 2.05) is 61.5 Å². The summed E-state index contributed by atoms with van der Waals surface area (Å²) in [7, 11) is 0. The highest BCUT2D eigenvalue weighted by Crippen LogP contribution is 2.17. The number of carboxylic acids is 1. The molecule has 0 aliphatic heterocycles. The Hall–Kier alpha value is -2.40. The number of aliphatic carboxylic acids is 1. The Balaban J connectivity index is 2.06. The van der Waals surface area contributed by atoms with Crippen LogP contribution < -0.4 is 10.6 Å². The van der Waals surface area contributed by atoms with Crippen molar-refractivity contribution >= 4 is 29.0 Å². The maximum absolute atomic E-state index is 11.1. The zero-order chi connectivity index (χ0) is 15.9. The first kappa shape index (κ1) is 16.0. The molecule has 22 heavy (non-hydrogen) atoms. The maximum atomic E-state index is 11.1. The van der Waals surface area contributed by atoms with E-state index in [0.29, 0.717) is 5.11 Å². The van der Waals surface area contributed by atoms with Crippen molar-refractivity contribution in [2.75, 3.05) is 5.32 Å². The molecule has 5 heteroatoms. The summed E-state index contributed by atoms with van der Waals surface area (Å²) in [6, 6.07) is 16.9. The van der Waals surface area contributed by atoms with Crippen molar-refractivity contribution in [2.45, 2.75) is 19.4 Å². The van der Waals surface area contributed by atoms with Crippen LogP contribution >= 0.6 is 12.2 Å². The van der Waals surface area contributed by atoms with Gasteiger partial charge in [0.1, 0.15) is 0 Å². The molecule has 3 N–H and O–H groups in total. The summed E-state index contributed by atoms with van der Waals surface area (Å²) in [6.07, 6.45) is -0.0420. The molecule has 2 aromatic carbocycles. The van der Waals surface area contributed by atoms with Crippen LogP contribution in [0.25, 0.3) is 0 Å². The molecular weight excluding hydrogens is 296 g/mol. The van der Waals surface area contributed by atoms with Crippen molar-refractivity contribution in [3.05, 3.63) is 65.7 Å². The molecule has 0 fully saturated rings. The zero-order valence-corrected chi connectivity index (χ0v) is 13.1. The van der Waals surface area contributed by atoms with Crippen LogP contribution in [-0.2, 0) is 4.79 Å². The number of carboxylic acid groups (broad SMARTS) is 1. The third-order valence-corrected chi connectivity index (χ3v) is 3.38. The first-order valence-corrected chi connectivity index (χ1v) is 7.36. The molecule has 0 spiro atoms. The molecule has 1 atom stereocenters. The molecule has 0 saturated carbocycles. The molecule has 114 valence electrons. The molecule has 0 radical (unpaired) electrons. The van der Waals surface area contributed by atoms with Gasteiger partial charge in [0, 0.05) is 5.69 Å². The van der Waals surface area contributed by atoms with Crippen LogP contribution in [0.1, 0.15) is 23.6 Å². The minimum absolute atomic E-state index is 0.0420. The van der Waals surface area contributed by atoms with Gasteiger partial charge in [0.05, 0.1) is 12.5 Å². The summed E-state index contributed by atoms with van der Waals surface area (Å²) in [5.41, 5.74) is 2.89. The van der Waals surface area contributed by atoms with Crippen LogP contribution in [0, 0.1) is 6.92 Å². The highest BCUT2D eigenvalue weighted by atomic mass is 32.1. The average molecular weight is 314 g/mol. The second-order valence-electron chi connectivity index (χ2n) is 5.03. The van der Waals surface area contributed by atoms with Crippen LogP contribution in [0.3, 0.4) is 0 Å². The monoisotopic (exact) mass is 314 g/mol. The van der Waals surface area contributed by atoms with E-state index in [1.165, 1.54) is 0 Å². The van der Waals surface area contributed by atoms with Crippen molar-refractivity contribution < 1.29 is 9.90 Å². The lowest BCUT2D eigenvalue weighted by molar-refractivity contribution is -0.137. The lowest BCUT2D eigenvalue weighted by Gasteiger charge is -2.20. The van der Waals surface area contributed by atoms with E-state index in [2.05, 4.69) is 10.6 Å². The quantitative estimate of drug-likeness (QED) is 0.737. The summed E-state index contributed by atoms with van der Waals surface area (Å²) in [5, 5.41) is 15.6. The molecule has 0 bridgehead atoms. The molecule has 2 aromatic rings. The second kappa shape index (κ2) is 7.56. The van der Waals surface area contributed by atoms with Gasteiger partial charge in [-0.25, -0.2) is 0 Å². The topological polar surface area (TPSA) is 61.4 Å². The van der Waals surface area contributed by atoms with Crippen LogP contribution in [0.5, 0.6) is 0 Å². The van der Waals surface area contributed by atoms with Gasteiger partial charge in [-0.15, -0.1) is 0 Å². The summed E-state index contributed by atoms with van der Waals surface area (Å²) in [6.45, 7) is 2.00. The molecule has 4 nitrogen and oxygen atoms in total. The molecule has 0 unspecified atom stereocenters. The third kappa shape index (κ3) is 4.86. The van der Waals surface area contributed by atoms with Crippen LogP contribution in [0.4, 0.5) is 5.69 Å². The predicted octanol–water partition coefficient (Wildman–Crippen LogP) is 3.50. The van der Waals surface area contributed by atoms with Gasteiger partial charge in [0.25, 0.3) is 0 Å². The number of thiocarbonyl (C=S) groups is 1. The molecule has 0 amide bonds. The number of hydrogen-bond donors (Lipinski definition) is 3. The van der Waals surface area contributed by atoms with Crippen molar-refractivity contribution in [2.24, 2.45) is 0 Å². The molecule has 0 aliphatic carbocycles. The highest BCUT2D eigenvalue weighted by Gasteiger charge is 2.16. The fourth-order valence-corrected chi connectivity index (χ4v) is 2.42. The standard InChI is InChI=1S/C17H18N2O2S/c1-12-6-5-9-14(10-12)18-17(22)19-15(11-16(20)21)13-7-3-2-4-8-13/h2-10,15H,11H2,1H3,(H,20,21)(H2,18,19,22)/t15-/m1/s1. The molecule has 0 heterocycles. The van der Waals surface area contributed by atoms with Gasteiger partial charge in [-0.2, -0.15) is 0 Å². The Kier molecular flexibility index (Phi) is 5.49.